The van der Waals surface area contributed by atoms with Crippen molar-refractivity contribution in [3.05, 3.63) is 30.3 Å². The van der Waals surface area contributed by atoms with E-state index in [0.29, 0.717) is 12.1 Å². The van der Waals surface area contributed by atoms with Gasteiger partial charge in [0.1, 0.15) is 0 Å². The highest BCUT2D eigenvalue weighted by Crippen LogP contribution is 2.43. The predicted octanol–water partition coefficient (Wildman–Crippen LogP) is 2.96. The zero-order valence-corrected chi connectivity index (χ0v) is 18.2. The first kappa shape index (κ1) is 20.3. The van der Waals surface area contributed by atoms with E-state index in [4.69, 9.17) is 0 Å². The van der Waals surface area contributed by atoms with Gasteiger partial charge in [0.2, 0.25) is 0 Å². The lowest BCUT2D eigenvalue weighted by atomic mass is 10.0. The second-order valence-corrected chi connectivity index (χ2v) is 12.1. The molecule has 2 aliphatic rings. The summed E-state index contributed by atoms with van der Waals surface area (Å²) in [4.78, 5) is 2.58. The monoisotopic (exact) mass is 394 g/mol. The second kappa shape index (κ2) is 8.74. The van der Waals surface area contributed by atoms with Crippen LogP contribution in [0.15, 0.2) is 30.3 Å². The first-order valence-electron chi connectivity index (χ1n) is 9.70. The molecule has 0 aliphatic carbocycles. The zero-order valence-electron chi connectivity index (χ0n) is 16.5. The van der Waals surface area contributed by atoms with Crippen LogP contribution < -0.4 is 20.9 Å². The molecule has 2 fully saturated rings. The lowest BCUT2D eigenvalue weighted by Gasteiger charge is -2.44. The second-order valence-electron chi connectivity index (χ2n) is 8.60. The molecule has 2 aliphatic heterocycles. The Bertz CT molecular complexity index is 564. The highest BCUT2D eigenvalue weighted by molar-refractivity contribution is 8.77. The van der Waals surface area contributed by atoms with Crippen molar-refractivity contribution >= 4 is 27.3 Å². The van der Waals surface area contributed by atoms with E-state index in [9.17, 15) is 0 Å². The Balaban J connectivity index is 1.77. The average Bonchev–Trinajstić information content (AvgIpc) is 2.63. The lowest BCUT2D eigenvalue weighted by Crippen LogP contribution is -2.63. The molecule has 146 valence electrons. The van der Waals surface area contributed by atoms with Gasteiger partial charge in [0.15, 0.2) is 0 Å². The smallest absolute Gasteiger partial charge is 0.0580 e. The van der Waals surface area contributed by atoms with Gasteiger partial charge in [-0.2, -0.15) is 0 Å². The highest BCUT2D eigenvalue weighted by Gasteiger charge is 2.34. The van der Waals surface area contributed by atoms with Gasteiger partial charge in [0, 0.05) is 60.5 Å². The molecule has 0 radical (unpaired) electrons. The van der Waals surface area contributed by atoms with Crippen molar-refractivity contribution < 1.29 is 0 Å². The third-order valence-corrected chi connectivity index (χ3v) is 9.26. The van der Waals surface area contributed by atoms with E-state index in [1.54, 1.807) is 0 Å². The molecule has 3 N–H and O–H groups in total. The summed E-state index contributed by atoms with van der Waals surface area (Å²) in [5, 5.41) is 11.3. The maximum absolute atomic E-state index is 3.90. The molecule has 2 saturated heterocycles. The summed E-state index contributed by atoms with van der Waals surface area (Å²) in [5.41, 5.74) is 1.34. The SMILES string of the molecule is CC1(C)CNCC(C2CNCCN2c2ccccc2)NCC(C)(C)SS1. The summed E-state index contributed by atoms with van der Waals surface area (Å²) in [6.45, 7) is 15.6. The van der Waals surface area contributed by atoms with Crippen LogP contribution in [0, 0.1) is 0 Å². The standard InChI is InChI=1S/C20H34N4S2/c1-19(2)14-22-12-17(23-15-20(3,4)26-25-19)18-13-21-10-11-24(18)16-8-6-5-7-9-16/h5-9,17-18,21-23H,10-15H2,1-4H3. The fourth-order valence-corrected chi connectivity index (χ4v) is 6.02. The third-order valence-electron chi connectivity index (χ3n) is 5.03. The molecule has 0 spiro atoms. The number of rotatable bonds is 2. The first-order chi connectivity index (χ1) is 12.4. The summed E-state index contributed by atoms with van der Waals surface area (Å²) in [6, 6.07) is 11.7. The van der Waals surface area contributed by atoms with E-state index in [0.717, 1.165) is 39.3 Å². The molecule has 2 unspecified atom stereocenters. The van der Waals surface area contributed by atoms with Crippen LogP contribution in [0.5, 0.6) is 0 Å². The fourth-order valence-electron chi connectivity index (χ4n) is 3.56. The quantitative estimate of drug-likeness (QED) is 0.670. The van der Waals surface area contributed by atoms with Crippen molar-refractivity contribution in [1.82, 2.24) is 16.0 Å². The van der Waals surface area contributed by atoms with E-state index >= 15 is 0 Å². The number of hydrogen-bond donors (Lipinski definition) is 3. The summed E-state index contributed by atoms with van der Waals surface area (Å²) < 4.78 is 0.463. The molecule has 26 heavy (non-hydrogen) atoms. The Hall–Kier alpha value is -0.400. The minimum atomic E-state index is 0.219. The van der Waals surface area contributed by atoms with Gasteiger partial charge in [-0.05, 0) is 39.8 Å². The molecule has 0 amide bonds. The van der Waals surface area contributed by atoms with Crippen LogP contribution >= 0.6 is 21.6 Å². The Labute approximate surface area is 167 Å². The Morgan fingerprint density at radius 2 is 1.62 bits per heavy atom. The van der Waals surface area contributed by atoms with Crippen molar-refractivity contribution in [3.8, 4) is 0 Å². The van der Waals surface area contributed by atoms with Gasteiger partial charge in [-0.3, -0.25) is 0 Å². The van der Waals surface area contributed by atoms with Crippen LogP contribution in [-0.4, -0.2) is 60.8 Å². The van der Waals surface area contributed by atoms with Crippen LogP contribution in [0.1, 0.15) is 27.7 Å². The molecule has 6 heteroatoms. The summed E-state index contributed by atoms with van der Waals surface area (Å²) in [7, 11) is 4.02. The topological polar surface area (TPSA) is 39.3 Å². The van der Waals surface area contributed by atoms with Gasteiger partial charge >= 0.3 is 0 Å². The van der Waals surface area contributed by atoms with E-state index < -0.39 is 0 Å². The van der Waals surface area contributed by atoms with E-state index in [2.05, 4.69) is 78.9 Å². The maximum atomic E-state index is 3.90. The van der Waals surface area contributed by atoms with Crippen LogP contribution in [0.25, 0.3) is 0 Å². The number of hydrogen-bond acceptors (Lipinski definition) is 6. The Kier molecular flexibility index (Phi) is 6.83. The van der Waals surface area contributed by atoms with Crippen molar-refractivity contribution in [1.29, 1.82) is 0 Å². The molecular formula is C20H34N4S2. The third kappa shape index (κ3) is 5.55. The lowest BCUT2D eigenvalue weighted by molar-refractivity contribution is 0.341. The van der Waals surface area contributed by atoms with E-state index in [1.807, 2.05) is 21.6 Å². The Morgan fingerprint density at radius 3 is 2.35 bits per heavy atom. The number of anilines is 1. The molecule has 0 saturated carbocycles. The van der Waals surface area contributed by atoms with E-state index in [1.165, 1.54) is 5.69 Å². The number of benzene rings is 1. The summed E-state index contributed by atoms with van der Waals surface area (Å²) in [5.74, 6) is 0. The first-order valence-corrected chi connectivity index (χ1v) is 11.8. The van der Waals surface area contributed by atoms with Gasteiger partial charge < -0.3 is 20.9 Å². The number of para-hydroxylation sites is 1. The van der Waals surface area contributed by atoms with Crippen LogP contribution in [0.2, 0.25) is 0 Å². The van der Waals surface area contributed by atoms with Crippen molar-refractivity contribution in [2.24, 2.45) is 0 Å². The van der Waals surface area contributed by atoms with Crippen LogP contribution in [-0.2, 0) is 0 Å². The van der Waals surface area contributed by atoms with E-state index in [-0.39, 0.29) is 9.49 Å². The summed E-state index contributed by atoms with van der Waals surface area (Å²) >= 11 is 0. The minimum Gasteiger partial charge on any atom is -0.364 e. The molecule has 0 bridgehead atoms. The molecule has 0 aromatic heterocycles. The van der Waals surface area contributed by atoms with Gasteiger partial charge in [-0.15, -0.1) is 0 Å². The average molecular weight is 395 g/mol. The summed E-state index contributed by atoms with van der Waals surface area (Å²) in [6.07, 6.45) is 0. The van der Waals surface area contributed by atoms with Crippen molar-refractivity contribution in [2.75, 3.05) is 44.2 Å². The van der Waals surface area contributed by atoms with Gasteiger partial charge in [-0.1, -0.05) is 39.8 Å². The van der Waals surface area contributed by atoms with Gasteiger partial charge in [0.25, 0.3) is 0 Å². The van der Waals surface area contributed by atoms with Gasteiger partial charge in [0.05, 0.1) is 6.04 Å². The molecule has 1 aromatic carbocycles. The predicted molar refractivity (Wildman–Crippen MR) is 118 cm³/mol. The molecular weight excluding hydrogens is 360 g/mol. The van der Waals surface area contributed by atoms with Crippen molar-refractivity contribution in [2.45, 2.75) is 49.3 Å². The van der Waals surface area contributed by atoms with Gasteiger partial charge in [-0.25, -0.2) is 0 Å². The number of nitrogens with one attached hydrogen (secondary N) is 3. The van der Waals surface area contributed by atoms with Crippen LogP contribution in [0.4, 0.5) is 5.69 Å². The maximum Gasteiger partial charge on any atom is 0.0580 e. The van der Waals surface area contributed by atoms with Crippen LogP contribution in [0.3, 0.4) is 0 Å². The molecule has 3 rings (SSSR count). The van der Waals surface area contributed by atoms with Crippen molar-refractivity contribution in [3.63, 3.8) is 0 Å². The largest absolute Gasteiger partial charge is 0.364 e. The molecule has 2 heterocycles. The molecule has 2 atom stereocenters. The zero-order chi connectivity index (χ0) is 18.6. The normalized spacial score (nSPS) is 29.9. The highest BCUT2D eigenvalue weighted by atomic mass is 33.1. The molecule has 1 aromatic rings. The molecule has 4 nitrogen and oxygen atoms in total. The Morgan fingerprint density at radius 1 is 0.923 bits per heavy atom. The number of nitrogens with zero attached hydrogens (tertiary/aromatic N) is 1. The minimum absolute atomic E-state index is 0.219. The number of piperazine rings is 1. The fraction of sp³-hybridized carbons (Fsp3) is 0.700.